The van der Waals surface area contributed by atoms with Crippen LogP contribution >= 0.6 is 11.3 Å². The Balaban J connectivity index is 2.15. The predicted octanol–water partition coefficient (Wildman–Crippen LogP) is 5.41. The summed E-state index contributed by atoms with van der Waals surface area (Å²) in [5, 5.41) is 11.3. The molecule has 0 amide bonds. The molecule has 0 N–H and O–H groups in total. The first kappa shape index (κ1) is 13.8. The average molecular weight is 269 g/mol. The smallest absolute Gasteiger partial charge is 0.0994 e. The molecule has 0 radical (unpaired) electrons. The van der Waals surface area contributed by atoms with Crippen LogP contribution in [0.2, 0.25) is 0 Å². The number of nitrogens with zero attached hydrogens (tertiary/aromatic N) is 1. The van der Waals surface area contributed by atoms with Crippen molar-refractivity contribution in [3.05, 3.63) is 46.8 Å². The highest BCUT2D eigenvalue weighted by atomic mass is 32.1. The first-order valence-electron chi connectivity index (χ1n) is 6.92. The molecule has 0 fully saturated rings. The van der Waals surface area contributed by atoms with Gasteiger partial charge in [0.05, 0.1) is 11.6 Å². The fourth-order valence-corrected chi connectivity index (χ4v) is 2.97. The van der Waals surface area contributed by atoms with E-state index in [0.29, 0.717) is 0 Å². The van der Waals surface area contributed by atoms with Crippen molar-refractivity contribution in [2.24, 2.45) is 0 Å². The van der Waals surface area contributed by atoms with Gasteiger partial charge in [-0.2, -0.15) is 5.26 Å². The van der Waals surface area contributed by atoms with Crippen molar-refractivity contribution in [3.8, 4) is 16.5 Å². The van der Waals surface area contributed by atoms with Crippen molar-refractivity contribution >= 4 is 11.3 Å². The molecule has 1 aromatic carbocycles. The van der Waals surface area contributed by atoms with Gasteiger partial charge in [-0.25, -0.2) is 0 Å². The van der Waals surface area contributed by atoms with Crippen molar-refractivity contribution in [2.75, 3.05) is 0 Å². The van der Waals surface area contributed by atoms with Gasteiger partial charge < -0.3 is 0 Å². The minimum atomic E-state index is 0.830. The van der Waals surface area contributed by atoms with E-state index in [-0.39, 0.29) is 0 Å². The lowest BCUT2D eigenvalue weighted by molar-refractivity contribution is 0.666. The maximum Gasteiger partial charge on any atom is 0.0994 e. The van der Waals surface area contributed by atoms with Crippen LogP contribution in [0.15, 0.2) is 35.7 Å². The van der Waals surface area contributed by atoms with Crippen molar-refractivity contribution in [1.29, 1.82) is 5.26 Å². The van der Waals surface area contributed by atoms with Crippen LogP contribution in [0.1, 0.15) is 43.7 Å². The number of rotatable bonds is 6. The van der Waals surface area contributed by atoms with Crippen molar-refractivity contribution in [1.82, 2.24) is 0 Å². The lowest BCUT2D eigenvalue weighted by Gasteiger charge is -2.06. The van der Waals surface area contributed by atoms with Crippen LogP contribution in [0.3, 0.4) is 0 Å². The highest BCUT2D eigenvalue weighted by molar-refractivity contribution is 7.13. The molecular formula is C17H19NS. The van der Waals surface area contributed by atoms with Crippen molar-refractivity contribution < 1.29 is 0 Å². The number of aryl methyl sites for hydroxylation is 1. The zero-order chi connectivity index (χ0) is 13.5. The molecule has 1 nitrogen and oxygen atoms in total. The molecular weight excluding hydrogens is 250 g/mol. The summed E-state index contributed by atoms with van der Waals surface area (Å²) < 4.78 is 0. The molecule has 1 heterocycles. The molecule has 0 atom stereocenters. The highest BCUT2D eigenvalue weighted by Crippen LogP contribution is 2.27. The van der Waals surface area contributed by atoms with Gasteiger partial charge in [-0.1, -0.05) is 38.3 Å². The molecule has 98 valence electrons. The van der Waals surface area contributed by atoms with Crippen LogP contribution in [0.25, 0.3) is 10.4 Å². The van der Waals surface area contributed by atoms with E-state index in [2.05, 4.69) is 42.6 Å². The number of hydrogen-bond donors (Lipinski definition) is 0. The molecule has 2 aromatic rings. The molecule has 2 rings (SSSR count). The molecule has 0 aliphatic heterocycles. The van der Waals surface area contributed by atoms with Gasteiger partial charge in [0.25, 0.3) is 0 Å². The fourth-order valence-electron chi connectivity index (χ4n) is 2.25. The third kappa shape index (κ3) is 3.68. The van der Waals surface area contributed by atoms with E-state index in [1.165, 1.54) is 41.7 Å². The van der Waals surface area contributed by atoms with Gasteiger partial charge in [0.15, 0.2) is 0 Å². The van der Waals surface area contributed by atoms with E-state index in [1.54, 1.807) is 11.3 Å². The van der Waals surface area contributed by atoms with Crippen LogP contribution in [0, 0.1) is 11.3 Å². The molecule has 0 aliphatic carbocycles. The van der Waals surface area contributed by atoms with Crippen LogP contribution in [0.5, 0.6) is 0 Å². The Kier molecular flexibility index (Phi) is 5.18. The van der Waals surface area contributed by atoms with Crippen LogP contribution in [-0.2, 0) is 6.42 Å². The monoisotopic (exact) mass is 269 g/mol. The van der Waals surface area contributed by atoms with E-state index in [9.17, 15) is 5.26 Å². The van der Waals surface area contributed by atoms with E-state index >= 15 is 0 Å². The molecule has 0 aliphatic rings. The van der Waals surface area contributed by atoms with Crippen molar-refractivity contribution in [2.45, 2.75) is 39.0 Å². The fraction of sp³-hybridized carbons (Fsp3) is 0.353. The second kappa shape index (κ2) is 7.11. The van der Waals surface area contributed by atoms with E-state index in [1.807, 2.05) is 6.07 Å². The first-order chi connectivity index (χ1) is 9.35. The quantitative estimate of drug-likeness (QED) is 0.643. The number of benzene rings is 1. The minimum absolute atomic E-state index is 0.830. The Labute approximate surface area is 119 Å². The molecule has 0 saturated heterocycles. The largest absolute Gasteiger partial charge is 0.192 e. The highest BCUT2D eigenvalue weighted by Gasteiger charge is 2.05. The molecule has 0 saturated carbocycles. The second-order valence-corrected chi connectivity index (χ2v) is 5.72. The number of nitriles is 1. The Hall–Kier alpha value is -1.59. The predicted molar refractivity (Wildman–Crippen MR) is 82.3 cm³/mol. The van der Waals surface area contributed by atoms with Gasteiger partial charge in [-0.15, -0.1) is 11.3 Å². The van der Waals surface area contributed by atoms with Gasteiger partial charge in [0, 0.05) is 4.88 Å². The van der Waals surface area contributed by atoms with Crippen LogP contribution < -0.4 is 0 Å². The van der Waals surface area contributed by atoms with E-state index in [0.717, 1.165) is 12.0 Å². The Bertz CT molecular complexity index is 549. The van der Waals surface area contributed by atoms with Crippen LogP contribution in [0.4, 0.5) is 0 Å². The van der Waals surface area contributed by atoms with Gasteiger partial charge in [-0.3, -0.25) is 0 Å². The number of hydrogen-bond acceptors (Lipinski definition) is 2. The molecule has 0 spiro atoms. The van der Waals surface area contributed by atoms with Gasteiger partial charge in [0.2, 0.25) is 0 Å². The summed E-state index contributed by atoms with van der Waals surface area (Å²) in [5.41, 5.74) is 3.26. The molecule has 0 bridgehead atoms. The summed E-state index contributed by atoms with van der Waals surface area (Å²) in [6.07, 6.45) is 5.98. The van der Waals surface area contributed by atoms with Gasteiger partial charge >= 0.3 is 0 Å². The Morgan fingerprint density at radius 2 is 2.05 bits per heavy atom. The zero-order valence-corrected chi connectivity index (χ0v) is 12.2. The lowest BCUT2D eigenvalue weighted by atomic mass is 9.98. The number of unbranched alkanes of at least 4 members (excludes halogenated alkanes) is 3. The minimum Gasteiger partial charge on any atom is -0.192 e. The van der Waals surface area contributed by atoms with E-state index < -0.39 is 0 Å². The molecule has 1 aromatic heterocycles. The molecule has 2 heteroatoms. The molecule has 19 heavy (non-hydrogen) atoms. The van der Waals surface area contributed by atoms with Gasteiger partial charge in [-0.05, 0) is 47.5 Å². The topological polar surface area (TPSA) is 23.8 Å². The summed E-state index contributed by atoms with van der Waals surface area (Å²) in [4.78, 5) is 1.28. The van der Waals surface area contributed by atoms with Crippen LogP contribution in [-0.4, -0.2) is 0 Å². The van der Waals surface area contributed by atoms with Gasteiger partial charge in [0.1, 0.15) is 0 Å². The lowest BCUT2D eigenvalue weighted by Crippen LogP contribution is -1.92. The zero-order valence-electron chi connectivity index (χ0n) is 11.4. The maximum absolute atomic E-state index is 9.20. The maximum atomic E-state index is 9.20. The Morgan fingerprint density at radius 1 is 1.16 bits per heavy atom. The first-order valence-corrected chi connectivity index (χ1v) is 7.80. The summed E-state index contributed by atoms with van der Waals surface area (Å²) in [5.74, 6) is 0. The Morgan fingerprint density at radius 3 is 2.74 bits per heavy atom. The standard InChI is InChI=1S/C17H19NS/c1-2-3-4-5-7-14-12-15(9-10-16(14)13-18)17-8-6-11-19-17/h6,8-12H,2-5,7H2,1H3. The SMILES string of the molecule is CCCCCCc1cc(-c2cccs2)ccc1C#N. The summed E-state index contributed by atoms with van der Waals surface area (Å²) in [6, 6.07) is 12.7. The third-order valence-electron chi connectivity index (χ3n) is 3.33. The molecule has 0 unspecified atom stereocenters. The second-order valence-electron chi connectivity index (χ2n) is 4.77. The van der Waals surface area contributed by atoms with Crippen molar-refractivity contribution in [3.63, 3.8) is 0 Å². The number of thiophene rings is 1. The summed E-state index contributed by atoms with van der Waals surface area (Å²) in [7, 11) is 0. The van der Waals surface area contributed by atoms with E-state index in [4.69, 9.17) is 0 Å². The normalized spacial score (nSPS) is 10.3. The summed E-state index contributed by atoms with van der Waals surface area (Å²) >= 11 is 1.75. The average Bonchev–Trinajstić information content (AvgIpc) is 2.97. The third-order valence-corrected chi connectivity index (χ3v) is 4.25. The summed E-state index contributed by atoms with van der Waals surface area (Å²) in [6.45, 7) is 2.22.